The summed E-state index contributed by atoms with van der Waals surface area (Å²) in [5.74, 6) is 0.471. The molecule has 3 aromatic carbocycles. The van der Waals surface area contributed by atoms with E-state index < -0.39 is 11.6 Å². The average molecular weight is 519 g/mol. The highest BCUT2D eigenvalue weighted by molar-refractivity contribution is 5.64. The van der Waals surface area contributed by atoms with Crippen LogP contribution in [-0.4, -0.2) is 13.2 Å². The Kier molecular flexibility index (Phi) is 8.66. The van der Waals surface area contributed by atoms with Crippen molar-refractivity contribution < 1.29 is 18.3 Å². The van der Waals surface area contributed by atoms with Crippen molar-refractivity contribution in [3.8, 4) is 22.6 Å². The van der Waals surface area contributed by atoms with Crippen LogP contribution in [0.4, 0.5) is 8.78 Å². The van der Waals surface area contributed by atoms with Gasteiger partial charge in [0.2, 0.25) is 11.6 Å². The lowest BCUT2D eigenvalue weighted by Crippen LogP contribution is -2.32. The molecule has 0 radical (unpaired) electrons. The number of halogens is 2. The Morgan fingerprint density at radius 1 is 0.684 bits per heavy atom. The van der Waals surface area contributed by atoms with Crippen LogP contribution in [0.2, 0.25) is 0 Å². The van der Waals surface area contributed by atoms with Crippen LogP contribution in [0.1, 0.15) is 75.8 Å². The molecule has 0 amide bonds. The molecule has 4 heteroatoms. The number of hydrogen-bond donors (Lipinski definition) is 0. The van der Waals surface area contributed by atoms with Crippen molar-refractivity contribution in [2.75, 3.05) is 13.2 Å². The maximum Gasteiger partial charge on any atom is 0.204 e. The van der Waals surface area contributed by atoms with Crippen LogP contribution in [0.25, 0.3) is 11.1 Å². The van der Waals surface area contributed by atoms with Crippen LogP contribution < -0.4 is 9.47 Å². The lowest BCUT2D eigenvalue weighted by atomic mass is 9.64. The normalized spacial score (nSPS) is 23.1. The smallest absolute Gasteiger partial charge is 0.204 e. The molecular weight excluding hydrogens is 478 g/mol. The molecule has 2 aliphatic carbocycles. The van der Waals surface area contributed by atoms with Gasteiger partial charge in [-0.15, -0.1) is 0 Å². The highest BCUT2D eigenvalue weighted by atomic mass is 19.2. The van der Waals surface area contributed by atoms with Crippen LogP contribution in [0, 0.1) is 29.4 Å². The first kappa shape index (κ1) is 26.7. The van der Waals surface area contributed by atoms with Gasteiger partial charge < -0.3 is 9.47 Å². The van der Waals surface area contributed by atoms with E-state index in [0.717, 1.165) is 25.2 Å². The van der Waals surface area contributed by atoms with Crippen molar-refractivity contribution in [2.24, 2.45) is 17.8 Å². The average Bonchev–Trinajstić information content (AvgIpc) is 2.95. The van der Waals surface area contributed by atoms with Gasteiger partial charge in [0, 0.05) is 0 Å². The Morgan fingerprint density at radius 3 is 1.95 bits per heavy atom. The molecule has 3 aromatic rings. The molecule has 2 saturated carbocycles. The summed E-state index contributed by atoms with van der Waals surface area (Å²) in [4.78, 5) is 0. The van der Waals surface area contributed by atoms with Crippen LogP contribution in [0.15, 0.2) is 60.7 Å². The van der Waals surface area contributed by atoms with Gasteiger partial charge in [0.1, 0.15) is 0 Å². The first-order valence-electron chi connectivity index (χ1n) is 14.5. The maximum absolute atomic E-state index is 14.4. The van der Waals surface area contributed by atoms with Crippen LogP contribution >= 0.6 is 0 Å². The number of rotatable bonds is 9. The van der Waals surface area contributed by atoms with Gasteiger partial charge in [-0.2, -0.15) is 8.78 Å². The van der Waals surface area contributed by atoms with E-state index in [1.165, 1.54) is 66.5 Å². The molecule has 0 heterocycles. The molecule has 2 fully saturated rings. The van der Waals surface area contributed by atoms with Crippen molar-refractivity contribution in [1.29, 1.82) is 0 Å². The second kappa shape index (κ2) is 12.3. The van der Waals surface area contributed by atoms with E-state index in [9.17, 15) is 8.78 Å². The fraction of sp³-hybridized carbons (Fsp3) is 0.471. The number of aryl methyl sites for hydroxylation is 1. The largest absolute Gasteiger partial charge is 0.491 e. The number of ether oxygens (including phenoxy) is 2. The summed E-state index contributed by atoms with van der Waals surface area (Å²) in [6, 6.07) is 21.2. The fourth-order valence-electron chi connectivity index (χ4n) is 6.64. The standard InChI is InChI=1S/C34H40F2O2/c1-3-5-23-6-9-25(10-7-23)26-12-14-27(15-13-26)29-17-16-28-20-24(8-11-30(28)21-29)22-38-32-19-18-31(37-4-2)33(35)34(32)36/h6-7,9-10,12-15,18-19,24,28-30H,3-5,8,11,16-17,20-22H2,1-2H3. The molecule has 4 atom stereocenters. The molecular formula is C34H40F2O2. The van der Waals surface area contributed by atoms with Crippen molar-refractivity contribution in [3.63, 3.8) is 0 Å². The van der Waals surface area contributed by atoms with Crippen LogP contribution in [0.5, 0.6) is 11.5 Å². The van der Waals surface area contributed by atoms with Gasteiger partial charge in [-0.1, -0.05) is 61.9 Å². The van der Waals surface area contributed by atoms with Crippen molar-refractivity contribution in [2.45, 2.75) is 71.1 Å². The summed E-state index contributed by atoms with van der Waals surface area (Å²) in [6.45, 7) is 4.70. The molecule has 0 saturated heterocycles. The molecule has 0 spiro atoms. The van der Waals surface area contributed by atoms with Crippen LogP contribution in [0.3, 0.4) is 0 Å². The summed E-state index contributed by atoms with van der Waals surface area (Å²) in [6.07, 6.45) is 9.42. The Hall–Kier alpha value is -2.88. The lowest BCUT2D eigenvalue weighted by Gasteiger charge is -2.42. The zero-order chi connectivity index (χ0) is 26.5. The maximum atomic E-state index is 14.4. The van der Waals surface area contributed by atoms with E-state index in [1.54, 1.807) is 6.92 Å². The molecule has 2 nitrogen and oxygen atoms in total. The van der Waals surface area contributed by atoms with Gasteiger partial charge in [0.15, 0.2) is 11.5 Å². The van der Waals surface area contributed by atoms with Crippen molar-refractivity contribution in [3.05, 3.63) is 83.4 Å². The predicted octanol–water partition coefficient (Wildman–Crippen LogP) is 9.36. The van der Waals surface area contributed by atoms with Gasteiger partial charge in [0.25, 0.3) is 0 Å². The molecule has 2 aliphatic rings. The monoisotopic (exact) mass is 518 g/mol. The number of benzene rings is 3. The Balaban J connectivity index is 1.13. The van der Waals surface area contributed by atoms with E-state index >= 15 is 0 Å². The minimum atomic E-state index is -0.968. The third kappa shape index (κ3) is 6.06. The third-order valence-corrected chi connectivity index (χ3v) is 8.72. The molecule has 0 N–H and O–H groups in total. The third-order valence-electron chi connectivity index (χ3n) is 8.72. The molecule has 38 heavy (non-hydrogen) atoms. The van der Waals surface area contributed by atoms with E-state index in [2.05, 4.69) is 55.5 Å². The first-order valence-corrected chi connectivity index (χ1v) is 14.5. The van der Waals surface area contributed by atoms with Gasteiger partial charge in [-0.05, 0) is 110 Å². The summed E-state index contributed by atoms with van der Waals surface area (Å²) in [7, 11) is 0. The van der Waals surface area contributed by atoms with E-state index in [4.69, 9.17) is 9.47 Å². The fourth-order valence-corrected chi connectivity index (χ4v) is 6.64. The Bertz CT molecular complexity index is 1190. The molecule has 0 aromatic heterocycles. The Morgan fingerprint density at radius 2 is 1.29 bits per heavy atom. The summed E-state index contributed by atoms with van der Waals surface area (Å²) in [5.41, 5.74) is 5.44. The first-order chi connectivity index (χ1) is 18.6. The molecule has 5 rings (SSSR count). The van der Waals surface area contributed by atoms with Gasteiger partial charge >= 0.3 is 0 Å². The van der Waals surface area contributed by atoms with E-state index in [1.807, 2.05) is 0 Å². The second-order valence-corrected chi connectivity index (χ2v) is 11.2. The van der Waals surface area contributed by atoms with Crippen molar-refractivity contribution >= 4 is 0 Å². The van der Waals surface area contributed by atoms with Gasteiger partial charge in [-0.25, -0.2) is 0 Å². The number of hydrogen-bond acceptors (Lipinski definition) is 2. The molecule has 0 aliphatic heterocycles. The zero-order valence-electron chi connectivity index (χ0n) is 22.7. The van der Waals surface area contributed by atoms with Gasteiger partial charge in [-0.3, -0.25) is 0 Å². The highest BCUT2D eigenvalue weighted by Crippen LogP contribution is 2.48. The SMILES string of the molecule is CCCc1ccc(-c2ccc(C3CCC4CC(COc5ccc(OCC)c(F)c5F)CCC4C3)cc2)cc1. The number of fused-ring (bicyclic) bond motifs is 1. The van der Waals surface area contributed by atoms with E-state index in [0.29, 0.717) is 31.0 Å². The van der Waals surface area contributed by atoms with Crippen molar-refractivity contribution in [1.82, 2.24) is 0 Å². The molecule has 0 bridgehead atoms. The Labute approximate surface area is 226 Å². The highest BCUT2D eigenvalue weighted by Gasteiger charge is 2.36. The minimum absolute atomic E-state index is 0.0165. The topological polar surface area (TPSA) is 18.5 Å². The minimum Gasteiger partial charge on any atom is -0.491 e. The summed E-state index contributed by atoms with van der Waals surface area (Å²) in [5, 5.41) is 0. The van der Waals surface area contributed by atoms with E-state index in [-0.39, 0.29) is 11.5 Å². The summed E-state index contributed by atoms with van der Waals surface area (Å²) < 4.78 is 39.5. The molecule has 202 valence electrons. The zero-order valence-corrected chi connectivity index (χ0v) is 22.7. The second-order valence-electron chi connectivity index (χ2n) is 11.2. The van der Waals surface area contributed by atoms with Crippen LogP contribution in [-0.2, 0) is 6.42 Å². The lowest BCUT2D eigenvalue weighted by molar-refractivity contribution is 0.0901. The molecule has 4 unspecified atom stereocenters. The summed E-state index contributed by atoms with van der Waals surface area (Å²) >= 11 is 0. The predicted molar refractivity (Wildman–Crippen MR) is 150 cm³/mol. The van der Waals surface area contributed by atoms with Gasteiger partial charge in [0.05, 0.1) is 13.2 Å². The quantitative estimate of drug-likeness (QED) is 0.281.